The van der Waals surface area contributed by atoms with Gasteiger partial charge in [-0.3, -0.25) is 0 Å². The van der Waals surface area contributed by atoms with E-state index in [1.807, 2.05) is 12.1 Å². The highest BCUT2D eigenvalue weighted by atomic mass is 14.2. The molecule has 1 rings (SSSR count). The lowest BCUT2D eigenvalue weighted by molar-refractivity contribution is 0.864. The Labute approximate surface area is 85.7 Å². The molecule has 0 radical (unpaired) electrons. The number of hydrogen-bond acceptors (Lipinski definition) is 1. The van der Waals surface area contributed by atoms with E-state index in [0.717, 1.165) is 5.56 Å². The summed E-state index contributed by atoms with van der Waals surface area (Å²) >= 11 is 0. The van der Waals surface area contributed by atoms with E-state index >= 15 is 0 Å². The summed E-state index contributed by atoms with van der Waals surface area (Å²) in [5, 5.41) is 8.44. The molecule has 0 aliphatic rings. The van der Waals surface area contributed by atoms with Crippen molar-refractivity contribution in [3.8, 4) is 6.07 Å². The van der Waals surface area contributed by atoms with Gasteiger partial charge in [0.1, 0.15) is 0 Å². The molecule has 0 saturated heterocycles. The van der Waals surface area contributed by atoms with Crippen LogP contribution in [0.4, 0.5) is 0 Å². The maximum Gasteiger partial charge on any atom is 0.0912 e. The third-order valence-corrected chi connectivity index (χ3v) is 2.14. The summed E-state index contributed by atoms with van der Waals surface area (Å²) in [5.74, 6) is 0.532. The van der Waals surface area contributed by atoms with E-state index in [9.17, 15) is 0 Å². The first-order valence-electron chi connectivity index (χ1n) is 4.81. The minimum atomic E-state index is 0.532. The first-order valence-corrected chi connectivity index (χ1v) is 4.81. The van der Waals surface area contributed by atoms with Gasteiger partial charge >= 0.3 is 0 Å². The summed E-state index contributed by atoms with van der Waals surface area (Å²) in [4.78, 5) is 0. The van der Waals surface area contributed by atoms with Gasteiger partial charge in [0.2, 0.25) is 0 Å². The molecule has 1 aromatic rings. The van der Waals surface area contributed by atoms with Crippen molar-refractivity contribution in [1.82, 2.24) is 0 Å². The van der Waals surface area contributed by atoms with E-state index in [-0.39, 0.29) is 0 Å². The zero-order chi connectivity index (χ0) is 10.6. The van der Waals surface area contributed by atoms with Crippen molar-refractivity contribution in [2.24, 2.45) is 0 Å². The molecule has 1 nitrogen and oxygen atoms in total. The van der Waals surface area contributed by atoms with E-state index in [2.05, 4.69) is 39.0 Å². The average molecular weight is 185 g/mol. The Morgan fingerprint density at radius 3 is 2.57 bits per heavy atom. The predicted molar refractivity (Wildman–Crippen MR) is 59.9 cm³/mol. The molecule has 0 unspecified atom stereocenters. The van der Waals surface area contributed by atoms with Crippen LogP contribution in [-0.2, 0) is 0 Å². The Bertz CT molecular complexity index is 381. The molecule has 0 spiro atoms. The normalized spacial score (nSPS) is 10.8. The highest BCUT2D eigenvalue weighted by Crippen LogP contribution is 2.18. The van der Waals surface area contributed by atoms with Crippen LogP contribution in [0.5, 0.6) is 0 Å². The summed E-state index contributed by atoms with van der Waals surface area (Å²) < 4.78 is 0. The van der Waals surface area contributed by atoms with Crippen molar-refractivity contribution in [2.75, 3.05) is 0 Å². The number of aryl methyl sites for hydroxylation is 1. The Hall–Kier alpha value is -1.55. The summed E-state index contributed by atoms with van der Waals surface area (Å²) in [6, 6.07) is 8.41. The van der Waals surface area contributed by atoms with E-state index in [0.29, 0.717) is 5.92 Å². The van der Waals surface area contributed by atoms with E-state index in [1.165, 1.54) is 17.2 Å². The molecule has 1 heteroatoms. The zero-order valence-electron chi connectivity index (χ0n) is 8.91. The molecule has 0 bridgehead atoms. The predicted octanol–water partition coefficient (Wildman–Crippen LogP) is 3.66. The summed E-state index contributed by atoms with van der Waals surface area (Å²) in [5.41, 5.74) is 3.67. The molecule has 0 aliphatic carbocycles. The molecule has 1 aromatic carbocycles. The van der Waals surface area contributed by atoms with Crippen LogP contribution in [0.3, 0.4) is 0 Å². The van der Waals surface area contributed by atoms with Crippen molar-refractivity contribution < 1.29 is 0 Å². The Morgan fingerprint density at radius 1 is 1.29 bits per heavy atom. The Kier molecular flexibility index (Phi) is 3.48. The third-order valence-electron chi connectivity index (χ3n) is 2.14. The molecular formula is C13H15N. The largest absolute Gasteiger partial charge is 0.193 e. The number of hydrogen-bond donors (Lipinski definition) is 0. The van der Waals surface area contributed by atoms with Crippen molar-refractivity contribution in [1.29, 1.82) is 5.26 Å². The third kappa shape index (κ3) is 2.74. The van der Waals surface area contributed by atoms with Crippen LogP contribution in [-0.4, -0.2) is 0 Å². The first-order chi connectivity index (χ1) is 6.63. The molecule has 0 aromatic heterocycles. The monoisotopic (exact) mass is 185 g/mol. The molecule has 0 atom stereocenters. The molecular weight excluding hydrogens is 170 g/mol. The van der Waals surface area contributed by atoms with Crippen LogP contribution in [0.25, 0.3) is 6.08 Å². The summed E-state index contributed by atoms with van der Waals surface area (Å²) in [7, 11) is 0. The Balaban J connectivity index is 3.08. The molecule has 0 aliphatic heterocycles. The molecule has 72 valence electrons. The van der Waals surface area contributed by atoms with Gasteiger partial charge in [-0.2, -0.15) is 5.26 Å². The number of benzene rings is 1. The topological polar surface area (TPSA) is 23.8 Å². The van der Waals surface area contributed by atoms with Gasteiger partial charge in [0.05, 0.1) is 6.07 Å². The number of rotatable bonds is 2. The molecule has 0 amide bonds. The van der Waals surface area contributed by atoms with Gasteiger partial charge in [0.15, 0.2) is 0 Å². The first kappa shape index (κ1) is 10.5. The van der Waals surface area contributed by atoms with Gasteiger partial charge in [0.25, 0.3) is 0 Å². The van der Waals surface area contributed by atoms with Gasteiger partial charge in [0, 0.05) is 6.08 Å². The maximum absolute atomic E-state index is 8.44. The van der Waals surface area contributed by atoms with Crippen LogP contribution in [0.15, 0.2) is 24.3 Å². The second kappa shape index (κ2) is 4.62. The summed E-state index contributed by atoms with van der Waals surface area (Å²) in [6.07, 6.45) is 3.36. The molecule has 0 heterocycles. The highest BCUT2D eigenvalue weighted by Gasteiger charge is 2.00. The van der Waals surface area contributed by atoms with Crippen LogP contribution < -0.4 is 0 Å². The second-order valence-corrected chi connectivity index (χ2v) is 3.79. The SMILES string of the molecule is Cc1cc(/C=C/C#N)cc(C(C)C)c1. The van der Waals surface area contributed by atoms with Crippen molar-refractivity contribution in [3.63, 3.8) is 0 Å². The lowest BCUT2D eigenvalue weighted by atomic mass is 9.98. The molecule has 0 saturated carbocycles. The van der Waals surface area contributed by atoms with E-state index in [4.69, 9.17) is 5.26 Å². The quantitative estimate of drug-likeness (QED) is 0.645. The van der Waals surface area contributed by atoms with Gasteiger partial charge in [-0.05, 0) is 30.0 Å². The van der Waals surface area contributed by atoms with Gasteiger partial charge in [-0.15, -0.1) is 0 Å². The van der Waals surface area contributed by atoms with Gasteiger partial charge < -0.3 is 0 Å². The smallest absolute Gasteiger partial charge is 0.0912 e. The maximum atomic E-state index is 8.44. The molecule has 0 N–H and O–H groups in total. The highest BCUT2D eigenvalue weighted by molar-refractivity contribution is 5.54. The molecule has 14 heavy (non-hydrogen) atoms. The average Bonchev–Trinajstić information content (AvgIpc) is 2.14. The van der Waals surface area contributed by atoms with Crippen molar-refractivity contribution in [2.45, 2.75) is 26.7 Å². The fourth-order valence-corrected chi connectivity index (χ4v) is 1.41. The minimum absolute atomic E-state index is 0.532. The van der Waals surface area contributed by atoms with Crippen molar-refractivity contribution in [3.05, 3.63) is 41.0 Å². The summed E-state index contributed by atoms with van der Waals surface area (Å²) in [6.45, 7) is 6.43. The number of nitrogens with zero attached hydrogens (tertiary/aromatic N) is 1. The van der Waals surface area contributed by atoms with Crippen LogP contribution in [0.2, 0.25) is 0 Å². The standard InChI is InChI=1S/C13H15N/c1-10(2)13-8-11(3)7-12(9-13)5-4-6-14/h4-5,7-10H,1-3H3/b5-4+. The minimum Gasteiger partial charge on any atom is -0.193 e. The lowest BCUT2D eigenvalue weighted by Crippen LogP contribution is -1.89. The fraction of sp³-hybridized carbons (Fsp3) is 0.308. The van der Waals surface area contributed by atoms with Gasteiger partial charge in [-0.25, -0.2) is 0 Å². The van der Waals surface area contributed by atoms with E-state index < -0.39 is 0 Å². The van der Waals surface area contributed by atoms with Crippen LogP contribution in [0.1, 0.15) is 36.5 Å². The number of allylic oxidation sites excluding steroid dienone is 1. The lowest BCUT2D eigenvalue weighted by Gasteiger charge is -2.07. The zero-order valence-corrected chi connectivity index (χ0v) is 8.91. The Morgan fingerprint density at radius 2 is 2.00 bits per heavy atom. The molecule has 0 fully saturated rings. The van der Waals surface area contributed by atoms with Crippen LogP contribution >= 0.6 is 0 Å². The number of nitriles is 1. The fourth-order valence-electron chi connectivity index (χ4n) is 1.41. The van der Waals surface area contributed by atoms with E-state index in [1.54, 1.807) is 0 Å². The van der Waals surface area contributed by atoms with Crippen molar-refractivity contribution >= 4 is 6.08 Å². The van der Waals surface area contributed by atoms with Gasteiger partial charge in [-0.1, -0.05) is 37.6 Å². The van der Waals surface area contributed by atoms with Crippen LogP contribution in [0, 0.1) is 18.3 Å². The second-order valence-electron chi connectivity index (χ2n) is 3.79.